The molecule has 3 rings (SSSR count). The molecule has 1 aromatic carbocycles. The molecule has 1 N–H and O–H groups in total. The normalized spacial score (nSPS) is 12.1. The third kappa shape index (κ3) is 4.78. The number of thiophene rings is 1. The molecule has 0 radical (unpaired) electrons. The Morgan fingerprint density at radius 1 is 1.28 bits per heavy atom. The third-order valence-corrected chi connectivity index (χ3v) is 5.00. The van der Waals surface area contributed by atoms with Crippen molar-refractivity contribution in [2.75, 3.05) is 6.61 Å². The van der Waals surface area contributed by atoms with E-state index < -0.39 is 6.10 Å². The van der Waals surface area contributed by atoms with Crippen LogP contribution in [0.3, 0.4) is 0 Å². The molecule has 5 nitrogen and oxygen atoms in total. The summed E-state index contributed by atoms with van der Waals surface area (Å²) in [6.45, 7) is 2.17. The lowest BCUT2D eigenvalue weighted by Crippen LogP contribution is -2.31. The van der Waals surface area contributed by atoms with Crippen molar-refractivity contribution in [2.45, 2.75) is 19.6 Å². The molecular formula is C18H17BrN2O3S. The van der Waals surface area contributed by atoms with Crippen LogP contribution in [0.4, 0.5) is 0 Å². The molecule has 0 aliphatic carbocycles. The van der Waals surface area contributed by atoms with Crippen molar-refractivity contribution in [1.82, 2.24) is 9.78 Å². The number of rotatable bonds is 6. The minimum absolute atomic E-state index is 0.0744. The fraction of sp³-hybridized carbons (Fsp3) is 0.222. The van der Waals surface area contributed by atoms with E-state index in [1.165, 1.54) is 15.6 Å². The molecule has 0 aliphatic rings. The second-order valence-corrected chi connectivity index (χ2v) is 7.77. The van der Waals surface area contributed by atoms with Gasteiger partial charge in [-0.1, -0.05) is 22.0 Å². The maximum atomic E-state index is 12.0. The Balaban J connectivity index is 1.68. The zero-order chi connectivity index (χ0) is 17.8. The molecule has 0 bridgehead atoms. The molecule has 2 aromatic heterocycles. The summed E-state index contributed by atoms with van der Waals surface area (Å²) < 4.78 is 7.73. The Hall–Kier alpha value is -1.96. The molecule has 0 fully saturated rings. The molecular weight excluding hydrogens is 404 g/mol. The summed E-state index contributed by atoms with van der Waals surface area (Å²) in [6.07, 6.45) is -0.843. The molecule has 0 spiro atoms. The van der Waals surface area contributed by atoms with Crippen molar-refractivity contribution in [3.05, 3.63) is 68.2 Å². The van der Waals surface area contributed by atoms with Gasteiger partial charge < -0.3 is 9.84 Å². The number of hydrogen-bond donors (Lipinski definition) is 1. The summed E-state index contributed by atoms with van der Waals surface area (Å²) in [5.41, 5.74) is 0.469. The first-order valence-electron chi connectivity index (χ1n) is 7.73. The van der Waals surface area contributed by atoms with Gasteiger partial charge in [-0.3, -0.25) is 4.79 Å². The van der Waals surface area contributed by atoms with E-state index in [0.29, 0.717) is 5.75 Å². The zero-order valence-corrected chi connectivity index (χ0v) is 16.0. The van der Waals surface area contributed by atoms with Crippen molar-refractivity contribution >= 4 is 27.3 Å². The summed E-state index contributed by atoms with van der Waals surface area (Å²) in [5.74, 6) is 0.650. The van der Waals surface area contributed by atoms with Crippen LogP contribution in [0.2, 0.25) is 0 Å². The van der Waals surface area contributed by atoms with Crippen LogP contribution >= 0.6 is 27.3 Å². The van der Waals surface area contributed by atoms with Crippen LogP contribution < -0.4 is 10.3 Å². The van der Waals surface area contributed by atoms with Crippen LogP contribution in [0.1, 0.15) is 4.88 Å². The Bertz CT molecular complexity index is 922. The lowest BCUT2D eigenvalue weighted by Gasteiger charge is -2.14. The fourth-order valence-corrected chi connectivity index (χ4v) is 3.50. The Morgan fingerprint density at radius 3 is 2.84 bits per heavy atom. The minimum Gasteiger partial charge on any atom is -0.491 e. The lowest BCUT2D eigenvalue weighted by molar-refractivity contribution is 0.0880. The van der Waals surface area contributed by atoms with Crippen LogP contribution in [0.25, 0.3) is 10.6 Å². The van der Waals surface area contributed by atoms with E-state index in [-0.39, 0.29) is 18.7 Å². The van der Waals surface area contributed by atoms with Gasteiger partial charge in [0.2, 0.25) is 0 Å². The Labute approximate surface area is 157 Å². The number of benzene rings is 1. The van der Waals surface area contributed by atoms with Crippen molar-refractivity contribution in [3.8, 4) is 16.3 Å². The van der Waals surface area contributed by atoms with Crippen molar-refractivity contribution < 1.29 is 9.84 Å². The molecule has 7 heteroatoms. The smallest absolute Gasteiger partial charge is 0.266 e. The van der Waals surface area contributed by atoms with E-state index in [4.69, 9.17) is 4.74 Å². The van der Waals surface area contributed by atoms with Gasteiger partial charge in [-0.15, -0.1) is 11.3 Å². The summed E-state index contributed by atoms with van der Waals surface area (Å²) in [5, 5.41) is 14.5. The number of aliphatic hydroxyl groups is 1. The number of aliphatic hydroxyl groups excluding tert-OH is 1. The van der Waals surface area contributed by atoms with E-state index in [1.54, 1.807) is 17.4 Å². The molecule has 2 heterocycles. The summed E-state index contributed by atoms with van der Waals surface area (Å²) in [4.78, 5) is 14.2. The first-order valence-corrected chi connectivity index (χ1v) is 9.33. The van der Waals surface area contributed by atoms with E-state index in [9.17, 15) is 9.90 Å². The second-order valence-electron chi connectivity index (χ2n) is 5.57. The molecule has 0 aliphatic heterocycles. The summed E-state index contributed by atoms with van der Waals surface area (Å²) >= 11 is 4.98. The number of ether oxygens (including phenoxy) is 1. The Morgan fingerprint density at radius 2 is 2.12 bits per heavy atom. The molecule has 1 unspecified atom stereocenters. The van der Waals surface area contributed by atoms with Crippen molar-refractivity contribution in [1.29, 1.82) is 0 Å². The van der Waals surface area contributed by atoms with E-state index >= 15 is 0 Å². The number of aryl methyl sites for hydroxylation is 1. The standard InChI is InChI=1S/C18H17BrN2O3S/c1-12-5-7-17(25-12)16-6-8-18(23)21(20-16)10-14(22)11-24-15-4-2-3-13(19)9-15/h2-9,14,22H,10-11H2,1H3. The van der Waals surface area contributed by atoms with Gasteiger partial charge in [0.15, 0.2) is 0 Å². The fourth-order valence-electron chi connectivity index (χ4n) is 2.28. The van der Waals surface area contributed by atoms with Crippen molar-refractivity contribution in [2.24, 2.45) is 0 Å². The third-order valence-electron chi connectivity index (χ3n) is 3.48. The maximum Gasteiger partial charge on any atom is 0.266 e. The monoisotopic (exact) mass is 420 g/mol. The average Bonchev–Trinajstić information content (AvgIpc) is 3.01. The predicted molar refractivity (Wildman–Crippen MR) is 102 cm³/mol. The highest BCUT2D eigenvalue weighted by atomic mass is 79.9. The second kappa shape index (κ2) is 7.95. The van der Waals surface area contributed by atoms with Gasteiger partial charge in [0.05, 0.1) is 11.4 Å². The van der Waals surface area contributed by atoms with Crippen LogP contribution in [0.5, 0.6) is 5.75 Å². The molecule has 0 saturated heterocycles. The Kier molecular flexibility index (Phi) is 5.67. The molecule has 0 saturated carbocycles. The topological polar surface area (TPSA) is 64.4 Å². The molecule has 25 heavy (non-hydrogen) atoms. The molecule has 3 aromatic rings. The molecule has 1 atom stereocenters. The van der Waals surface area contributed by atoms with Crippen LogP contribution in [-0.4, -0.2) is 27.6 Å². The number of aromatic nitrogens is 2. The van der Waals surface area contributed by atoms with Crippen molar-refractivity contribution in [3.63, 3.8) is 0 Å². The van der Waals surface area contributed by atoms with Crippen LogP contribution in [-0.2, 0) is 6.54 Å². The van der Waals surface area contributed by atoms with Gasteiger partial charge in [-0.25, -0.2) is 4.68 Å². The van der Waals surface area contributed by atoms with Gasteiger partial charge in [-0.2, -0.15) is 5.10 Å². The highest BCUT2D eigenvalue weighted by Gasteiger charge is 2.11. The number of halogens is 1. The van der Waals surface area contributed by atoms with Gasteiger partial charge in [0.1, 0.15) is 24.2 Å². The number of hydrogen-bond acceptors (Lipinski definition) is 5. The first kappa shape index (κ1) is 17.8. The van der Waals surface area contributed by atoms with Gasteiger partial charge in [0.25, 0.3) is 5.56 Å². The quantitative estimate of drug-likeness (QED) is 0.662. The first-order chi connectivity index (χ1) is 12.0. The van der Waals surface area contributed by atoms with E-state index in [2.05, 4.69) is 21.0 Å². The van der Waals surface area contributed by atoms with E-state index in [0.717, 1.165) is 15.0 Å². The van der Waals surface area contributed by atoms with Gasteiger partial charge in [-0.05, 0) is 43.3 Å². The predicted octanol–water partition coefficient (Wildman–Crippen LogP) is 3.48. The summed E-state index contributed by atoms with van der Waals surface area (Å²) in [7, 11) is 0. The minimum atomic E-state index is -0.843. The molecule has 0 amide bonds. The van der Waals surface area contributed by atoms with Gasteiger partial charge >= 0.3 is 0 Å². The van der Waals surface area contributed by atoms with E-state index in [1.807, 2.05) is 43.3 Å². The van der Waals surface area contributed by atoms with Crippen LogP contribution in [0.15, 0.2) is 57.8 Å². The van der Waals surface area contributed by atoms with Crippen LogP contribution in [0, 0.1) is 6.92 Å². The molecule has 130 valence electrons. The average molecular weight is 421 g/mol. The largest absolute Gasteiger partial charge is 0.491 e. The summed E-state index contributed by atoms with van der Waals surface area (Å²) in [6, 6.07) is 14.5. The maximum absolute atomic E-state index is 12.0. The highest BCUT2D eigenvalue weighted by molar-refractivity contribution is 9.10. The SMILES string of the molecule is Cc1ccc(-c2ccc(=O)n(CC(O)COc3cccc(Br)c3)n2)s1. The lowest BCUT2D eigenvalue weighted by atomic mass is 10.3. The zero-order valence-electron chi connectivity index (χ0n) is 13.6. The van der Waals surface area contributed by atoms with Gasteiger partial charge in [0, 0.05) is 15.4 Å². The number of nitrogens with zero attached hydrogens (tertiary/aromatic N) is 2. The highest BCUT2D eigenvalue weighted by Crippen LogP contribution is 2.25.